The van der Waals surface area contributed by atoms with Gasteiger partial charge in [-0.3, -0.25) is 0 Å². The van der Waals surface area contributed by atoms with Crippen molar-refractivity contribution in [3.63, 3.8) is 0 Å². The van der Waals surface area contributed by atoms with E-state index in [0.29, 0.717) is 4.21 Å². The molecule has 0 saturated heterocycles. The minimum absolute atomic E-state index is 0.206. The summed E-state index contributed by atoms with van der Waals surface area (Å²) in [5, 5.41) is 0. The van der Waals surface area contributed by atoms with E-state index in [4.69, 9.17) is 0 Å². The maximum Gasteiger partial charge on any atom is 0.252 e. The van der Waals surface area contributed by atoms with E-state index in [2.05, 4.69) is 15.9 Å². The highest BCUT2D eigenvalue weighted by Gasteiger charge is 2.23. The molecule has 0 bridgehead atoms. The molecule has 0 radical (unpaired) electrons. The van der Waals surface area contributed by atoms with E-state index in [1.165, 1.54) is 34.8 Å². The monoisotopic (exact) mass is 377 g/mol. The van der Waals surface area contributed by atoms with Crippen molar-refractivity contribution in [3.8, 4) is 0 Å². The topological polar surface area (TPSA) is 37.4 Å². The van der Waals surface area contributed by atoms with Crippen LogP contribution >= 0.6 is 27.3 Å². The molecule has 20 heavy (non-hydrogen) atoms. The predicted octanol–water partition coefficient (Wildman–Crippen LogP) is 3.78. The summed E-state index contributed by atoms with van der Waals surface area (Å²) in [7, 11) is -2.01. The molecule has 0 atom stereocenters. The van der Waals surface area contributed by atoms with Crippen molar-refractivity contribution in [2.75, 3.05) is 7.05 Å². The molecule has 0 saturated carbocycles. The van der Waals surface area contributed by atoms with Gasteiger partial charge in [-0.1, -0.05) is 12.1 Å². The number of aryl methyl sites for hydroxylation is 1. The Bertz CT molecular complexity index is 691. The fourth-order valence-corrected chi connectivity index (χ4v) is 5.24. The van der Waals surface area contributed by atoms with Crippen molar-refractivity contribution in [2.45, 2.75) is 17.7 Å². The summed E-state index contributed by atoms with van der Waals surface area (Å²) in [5.74, 6) is -0.336. The summed E-state index contributed by atoms with van der Waals surface area (Å²) in [6.07, 6.45) is 0. The van der Waals surface area contributed by atoms with E-state index >= 15 is 0 Å². The molecule has 2 aromatic rings. The number of benzene rings is 1. The number of sulfonamides is 1. The molecular weight excluding hydrogens is 365 g/mol. The van der Waals surface area contributed by atoms with Crippen LogP contribution in [0.3, 0.4) is 0 Å². The molecule has 108 valence electrons. The lowest BCUT2D eigenvalue weighted by Gasteiger charge is -2.16. The smallest absolute Gasteiger partial charge is 0.207 e. The molecule has 1 aromatic heterocycles. The standard InChI is InChI=1S/C13H13BrFNO2S2/c1-9-7-12(19-13(9)14)20(17,18)16(2)8-10-3-5-11(15)6-4-10/h3-7H,8H2,1-2H3. The lowest BCUT2D eigenvalue weighted by atomic mass is 10.2. The lowest BCUT2D eigenvalue weighted by Crippen LogP contribution is -2.25. The van der Waals surface area contributed by atoms with Crippen molar-refractivity contribution in [1.82, 2.24) is 4.31 Å². The van der Waals surface area contributed by atoms with Crippen LogP contribution in [-0.4, -0.2) is 19.8 Å². The Labute approximate surface area is 130 Å². The van der Waals surface area contributed by atoms with Crippen LogP contribution in [-0.2, 0) is 16.6 Å². The Morgan fingerprint density at radius 2 is 1.90 bits per heavy atom. The third kappa shape index (κ3) is 3.28. The normalized spacial score (nSPS) is 12.1. The molecule has 0 aliphatic rings. The van der Waals surface area contributed by atoms with Crippen LogP contribution in [0.15, 0.2) is 38.3 Å². The summed E-state index contributed by atoms with van der Waals surface area (Å²) >= 11 is 4.52. The van der Waals surface area contributed by atoms with Crippen molar-refractivity contribution in [2.24, 2.45) is 0 Å². The first-order valence-corrected chi connectivity index (χ1v) is 8.82. The van der Waals surface area contributed by atoms with Crippen molar-refractivity contribution >= 4 is 37.3 Å². The zero-order valence-electron chi connectivity index (χ0n) is 10.9. The molecule has 2 rings (SSSR count). The van der Waals surface area contributed by atoms with Gasteiger partial charge in [0, 0.05) is 13.6 Å². The second kappa shape index (κ2) is 5.93. The Morgan fingerprint density at radius 1 is 1.30 bits per heavy atom. The number of thiophene rings is 1. The van der Waals surface area contributed by atoms with Crippen LogP contribution in [0.5, 0.6) is 0 Å². The molecule has 3 nitrogen and oxygen atoms in total. The fraction of sp³-hybridized carbons (Fsp3) is 0.231. The van der Waals surface area contributed by atoms with Gasteiger partial charge in [-0.05, 0) is 52.2 Å². The highest BCUT2D eigenvalue weighted by Crippen LogP contribution is 2.32. The molecule has 0 amide bonds. The first-order chi connectivity index (χ1) is 9.30. The zero-order chi connectivity index (χ0) is 14.9. The quantitative estimate of drug-likeness (QED) is 0.812. The van der Waals surface area contributed by atoms with Crippen LogP contribution in [0, 0.1) is 12.7 Å². The molecule has 1 heterocycles. The molecule has 0 spiro atoms. The molecular formula is C13H13BrFNO2S2. The molecule has 7 heteroatoms. The Hall–Kier alpha value is -0.760. The third-order valence-electron chi connectivity index (χ3n) is 2.82. The summed E-state index contributed by atoms with van der Waals surface area (Å²) in [4.78, 5) is 0. The average Bonchev–Trinajstić information content (AvgIpc) is 2.73. The predicted molar refractivity (Wildman–Crippen MR) is 81.8 cm³/mol. The van der Waals surface area contributed by atoms with Gasteiger partial charge in [0.2, 0.25) is 0 Å². The molecule has 0 unspecified atom stereocenters. The van der Waals surface area contributed by atoms with E-state index in [1.54, 1.807) is 18.2 Å². The molecule has 0 N–H and O–H groups in total. The summed E-state index contributed by atoms with van der Waals surface area (Å²) in [6, 6.07) is 7.45. The van der Waals surface area contributed by atoms with E-state index in [9.17, 15) is 12.8 Å². The van der Waals surface area contributed by atoms with Gasteiger partial charge in [-0.25, -0.2) is 12.8 Å². The van der Waals surface area contributed by atoms with Gasteiger partial charge >= 0.3 is 0 Å². The first kappa shape index (κ1) is 15.6. The summed E-state index contributed by atoms with van der Waals surface area (Å²) in [5.41, 5.74) is 1.63. The van der Waals surface area contributed by atoms with Gasteiger partial charge in [0.15, 0.2) is 0 Å². The SMILES string of the molecule is Cc1cc(S(=O)(=O)N(C)Cc2ccc(F)cc2)sc1Br. The second-order valence-electron chi connectivity index (χ2n) is 4.41. The summed E-state index contributed by atoms with van der Waals surface area (Å²) in [6.45, 7) is 2.05. The van der Waals surface area contributed by atoms with E-state index in [-0.39, 0.29) is 12.4 Å². The Balaban J connectivity index is 2.23. The molecule has 0 fully saturated rings. The van der Waals surface area contributed by atoms with Crippen LogP contribution < -0.4 is 0 Å². The number of halogens is 2. The minimum Gasteiger partial charge on any atom is -0.207 e. The first-order valence-electron chi connectivity index (χ1n) is 5.77. The molecule has 0 aliphatic carbocycles. The highest BCUT2D eigenvalue weighted by atomic mass is 79.9. The zero-order valence-corrected chi connectivity index (χ0v) is 14.1. The van der Waals surface area contributed by atoms with Crippen LogP contribution in [0.25, 0.3) is 0 Å². The number of rotatable bonds is 4. The Kier molecular flexibility index (Phi) is 4.63. The number of hydrogen-bond acceptors (Lipinski definition) is 3. The van der Waals surface area contributed by atoms with Crippen molar-refractivity contribution < 1.29 is 12.8 Å². The Morgan fingerprint density at radius 3 is 2.40 bits per heavy atom. The van der Waals surface area contributed by atoms with Crippen LogP contribution in [0.1, 0.15) is 11.1 Å². The third-order valence-corrected chi connectivity index (χ3v) is 7.21. The largest absolute Gasteiger partial charge is 0.252 e. The lowest BCUT2D eigenvalue weighted by molar-refractivity contribution is 0.468. The summed E-state index contributed by atoms with van der Waals surface area (Å²) < 4.78 is 40.0. The van der Waals surface area contributed by atoms with E-state index in [1.807, 2.05) is 6.92 Å². The fourth-order valence-electron chi connectivity index (χ4n) is 1.64. The van der Waals surface area contributed by atoms with Gasteiger partial charge in [0.05, 0.1) is 3.79 Å². The number of hydrogen-bond donors (Lipinski definition) is 0. The van der Waals surface area contributed by atoms with Crippen molar-refractivity contribution in [1.29, 1.82) is 0 Å². The van der Waals surface area contributed by atoms with Gasteiger partial charge in [-0.15, -0.1) is 11.3 Å². The maximum atomic E-state index is 12.8. The van der Waals surface area contributed by atoms with Crippen molar-refractivity contribution in [3.05, 3.63) is 51.1 Å². The van der Waals surface area contributed by atoms with Gasteiger partial charge in [0.25, 0.3) is 10.0 Å². The molecule has 0 aliphatic heterocycles. The van der Waals surface area contributed by atoms with Crippen LogP contribution in [0.4, 0.5) is 4.39 Å². The van der Waals surface area contributed by atoms with Gasteiger partial charge in [0.1, 0.15) is 10.0 Å². The number of nitrogens with zero attached hydrogens (tertiary/aromatic N) is 1. The minimum atomic E-state index is -3.52. The van der Waals surface area contributed by atoms with Gasteiger partial charge < -0.3 is 0 Å². The van der Waals surface area contributed by atoms with E-state index in [0.717, 1.165) is 14.9 Å². The molecule has 1 aromatic carbocycles. The van der Waals surface area contributed by atoms with E-state index < -0.39 is 10.0 Å². The van der Waals surface area contributed by atoms with Crippen LogP contribution in [0.2, 0.25) is 0 Å². The van der Waals surface area contributed by atoms with Gasteiger partial charge in [-0.2, -0.15) is 4.31 Å². The maximum absolute atomic E-state index is 12.8. The average molecular weight is 378 g/mol. The second-order valence-corrected chi connectivity index (χ2v) is 9.05. The highest BCUT2D eigenvalue weighted by molar-refractivity contribution is 9.11.